The average molecular weight is 197 g/mol. The van der Waals surface area contributed by atoms with Gasteiger partial charge in [0.05, 0.1) is 12.4 Å². The number of ether oxygens (including phenoxy) is 1. The van der Waals surface area contributed by atoms with Gasteiger partial charge in [0.2, 0.25) is 0 Å². The van der Waals surface area contributed by atoms with Crippen molar-refractivity contribution in [2.24, 2.45) is 5.73 Å². The van der Waals surface area contributed by atoms with E-state index >= 15 is 0 Å². The standard InChI is InChI=1S/C10H19N3O/c1-8(2)13-6-9(5-12-13)14-10(3,4)7-11/h5-6,8H,7,11H2,1-4H3. The van der Waals surface area contributed by atoms with Crippen LogP contribution in [0.1, 0.15) is 33.7 Å². The summed E-state index contributed by atoms with van der Waals surface area (Å²) < 4.78 is 7.54. The van der Waals surface area contributed by atoms with Crippen LogP contribution in [0.3, 0.4) is 0 Å². The number of aromatic nitrogens is 2. The van der Waals surface area contributed by atoms with E-state index in [1.165, 1.54) is 0 Å². The van der Waals surface area contributed by atoms with Crippen LogP contribution in [0.5, 0.6) is 5.75 Å². The predicted octanol–water partition coefficient (Wildman–Crippen LogP) is 1.58. The average Bonchev–Trinajstić information content (AvgIpc) is 2.52. The topological polar surface area (TPSA) is 53.1 Å². The van der Waals surface area contributed by atoms with Crippen molar-refractivity contribution in [3.63, 3.8) is 0 Å². The maximum atomic E-state index is 5.67. The lowest BCUT2D eigenvalue weighted by Gasteiger charge is -2.23. The van der Waals surface area contributed by atoms with E-state index in [9.17, 15) is 0 Å². The van der Waals surface area contributed by atoms with E-state index in [1.54, 1.807) is 6.20 Å². The third kappa shape index (κ3) is 2.73. The molecule has 0 spiro atoms. The van der Waals surface area contributed by atoms with E-state index in [-0.39, 0.29) is 5.60 Å². The summed E-state index contributed by atoms with van der Waals surface area (Å²) in [5.41, 5.74) is 5.24. The molecule has 0 radical (unpaired) electrons. The van der Waals surface area contributed by atoms with E-state index < -0.39 is 0 Å². The number of nitrogens with two attached hydrogens (primary N) is 1. The molecule has 80 valence electrons. The van der Waals surface area contributed by atoms with Crippen LogP contribution in [0.4, 0.5) is 0 Å². The Morgan fingerprint density at radius 1 is 1.57 bits per heavy atom. The van der Waals surface area contributed by atoms with Gasteiger partial charge in [0, 0.05) is 12.6 Å². The van der Waals surface area contributed by atoms with Crippen LogP contribution in [0, 0.1) is 0 Å². The van der Waals surface area contributed by atoms with Crippen molar-refractivity contribution >= 4 is 0 Å². The molecular formula is C10H19N3O. The smallest absolute Gasteiger partial charge is 0.158 e. The summed E-state index contributed by atoms with van der Waals surface area (Å²) in [5, 5.41) is 4.19. The Morgan fingerprint density at radius 2 is 2.21 bits per heavy atom. The van der Waals surface area contributed by atoms with Gasteiger partial charge >= 0.3 is 0 Å². The summed E-state index contributed by atoms with van der Waals surface area (Å²) >= 11 is 0. The van der Waals surface area contributed by atoms with Crippen molar-refractivity contribution in [3.05, 3.63) is 12.4 Å². The summed E-state index contributed by atoms with van der Waals surface area (Å²) in [6.45, 7) is 8.55. The molecule has 0 bridgehead atoms. The zero-order chi connectivity index (χ0) is 10.8. The second-order valence-corrected chi connectivity index (χ2v) is 4.32. The van der Waals surface area contributed by atoms with Gasteiger partial charge in [-0.25, -0.2) is 0 Å². The van der Waals surface area contributed by atoms with Gasteiger partial charge in [-0.15, -0.1) is 0 Å². The number of rotatable bonds is 4. The Balaban J connectivity index is 2.69. The summed E-state index contributed by atoms with van der Waals surface area (Å²) in [6.07, 6.45) is 3.61. The minimum atomic E-state index is -0.329. The highest BCUT2D eigenvalue weighted by atomic mass is 16.5. The van der Waals surface area contributed by atoms with Crippen molar-refractivity contribution in [1.29, 1.82) is 0 Å². The molecule has 1 aromatic heterocycles. The molecule has 1 heterocycles. The molecule has 0 saturated carbocycles. The molecule has 0 aromatic carbocycles. The van der Waals surface area contributed by atoms with Crippen molar-refractivity contribution in [3.8, 4) is 5.75 Å². The largest absolute Gasteiger partial charge is 0.483 e. The second kappa shape index (κ2) is 4.00. The van der Waals surface area contributed by atoms with Crippen LogP contribution in [0.25, 0.3) is 0 Å². The molecular weight excluding hydrogens is 178 g/mol. The van der Waals surface area contributed by atoms with Gasteiger partial charge in [-0.05, 0) is 27.7 Å². The fraction of sp³-hybridized carbons (Fsp3) is 0.700. The first-order chi connectivity index (χ1) is 6.44. The summed E-state index contributed by atoms with van der Waals surface area (Å²) in [5.74, 6) is 0.772. The maximum absolute atomic E-state index is 5.67. The van der Waals surface area contributed by atoms with Gasteiger partial charge in [-0.2, -0.15) is 5.10 Å². The number of hydrogen-bond acceptors (Lipinski definition) is 3. The Morgan fingerprint density at radius 3 is 2.64 bits per heavy atom. The lowest BCUT2D eigenvalue weighted by Crippen LogP contribution is -2.36. The maximum Gasteiger partial charge on any atom is 0.158 e. The fourth-order valence-corrected chi connectivity index (χ4v) is 1.02. The number of nitrogens with zero attached hydrogens (tertiary/aromatic N) is 2. The highest BCUT2D eigenvalue weighted by Crippen LogP contribution is 2.18. The molecule has 0 saturated heterocycles. The Hall–Kier alpha value is -1.03. The first kappa shape index (κ1) is 11.0. The minimum absolute atomic E-state index is 0.329. The molecule has 0 fully saturated rings. The number of hydrogen-bond donors (Lipinski definition) is 1. The molecule has 1 aromatic rings. The molecule has 0 aliphatic heterocycles. The van der Waals surface area contributed by atoms with Gasteiger partial charge in [0.25, 0.3) is 0 Å². The lowest BCUT2D eigenvalue weighted by atomic mass is 10.1. The van der Waals surface area contributed by atoms with E-state index in [4.69, 9.17) is 10.5 Å². The van der Waals surface area contributed by atoms with Crippen LogP contribution in [-0.4, -0.2) is 21.9 Å². The van der Waals surface area contributed by atoms with E-state index in [0.717, 1.165) is 5.75 Å². The second-order valence-electron chi connectivity index (χ2n) is 4.32. The monoisotopic (exact) mass is 197 g/mol. The molecule has 0 unspecified atom stereocenters. The molecule has 2 N–H and O–H groups in total. The van der Waals surface area contributed by atoms with E-state index in [0.29, 0.717) is 12.6 Å². The van der Waals surface area contributed by atoms with E-state index in [2.05, 4.69) is 18.9 Å². The Bertz CT molecular complexity index is 291. The third-order valence-corrected chi connectivity index (χ3v) is 1.99. The summed E-state index contributed by atoms with van der Waals surface area (Å²) in [7, 11) is 0. The van der Waals surface area contributed by atoms with Gasteiger partial charge in [0.1, 0.15) is 5.60 Å². The van der Waals surface area contributed by atoms with Crippen LogP contribution < -0.4 is 10.5 Å². The summed E-state index contributed by atoms with van der Waals surface area (Å²) in [4.78, 5) is 0. The predicted molar refractivity (Wildman–Crippen MR) is 56.4 cm³/mol. The van der Waals surface area contributed by atoms with Crippen LogP contribution >= 0.6 is 0 Å². The van der Waals surface area contributed by atoms with Gasteiger partial charge in [-0.1, -0.05) is 0 Å². The first-order valence-corrected chi connectivity index (χ1v) is 4.88. The lowest BCUT2D eigenvalue weighted by molar-refractivity contribution is 0.118. The molecule has 0 aliphatic rings. The van der Waals surface area contributed by atoms with Crippen LogP contribution in [0.2, 0.25) is 0 Å². The van der Waals surface area contributed by atoms with Crippen LogP contribution in [0.15, 0.2) is 12.4 Å². The normalized spacial score (nSPS) is 12.1. The van der Waals surface area contributed by atoms with Crippen LogP contribution in [-0.2, 0) is 0 Å². The van der Waals surface area contributed by atoms with Crippen molar-refractivity contribution in [1.82, 2.24) is 9.78 Å². The highest BCUT2D eigenvalue weighted by molar-refractivity contribution is 5.13. The van der Waals surface area contributed by atoms with Crippen molar-refractivity contribution < 1.29 is 4.74 Å². The first-order valence-electron chi connectivity index (χ1n) is 4.88. The third-order valence-electron chi connectivity index (χ3n) is 1.99. The van der Waals surface area contributed by atoms with Gasteiger partial charge in [0.15, 0.2) is 5.75 Å². The minimum Gasteiger partial charge on any atom is -0.483 e. The molecule has 0 aliphatic carbocycles. The molecule has 1 rings (SSSR count). The summed E-state index contributed by atoms with van der Waals surface area (Å²) in [6, 6.07) is 0.355. The van der Waals surface area contributed by atoms with Gasteiger partial charge in [-0.3, -0.25) is 4.68 Å². The van der Waals surface area contributed by atoms with Crippen molar-refractivity contribution in [2.75, 3.05) is 6.54 Å². The molecule has 4 heteroatoms. The zero-order valence-electron chi connectivity index (χ0n) is 9.32. The molecule has 4 nitrogen and oxygen atoms in total. The Labute approximate surface area is 85.0 Å². The van der Waals surface area contributed by atoms with Gasteiger partial charge < -0.3 is 10.5 Å². The van der Waals surface area contributed by atoms with Crippen molar-refractivity contribution in [2.45, 2.75) is 39.3 Å². The van der Waals surface area contributed by atoms with E-state index in [1.807, 2.05) is 24.7 Å². The SMILES string of the molecule is CC(C)n1cc(OC(C)(C)CN)cn1. The molecule has 0 atom stereocenters. The zero-order valence-corrected chi connectivity index (χ0v) is 9.32. The Kier molecular flexibility index (Phi) is 3.16. The fourth-order valence-electron chi connectivity index (χ4n) is 1.02. The molecule has 14 heavy (non-hydrogen) atoms. The highest BCUT2D eigenvalue weighted by Gasteiger charge is 2.18. The quantitative estimate of drug-likeness (QED) is 0.797. The molecule has 0 amide bonds.